The molecule has 0 aliphatic carbocycles. The average Bonchev–Trinajstić information content (AvgIpc) is 4.02. The second-order valence-electron chi connectivity index (χ2n) is 22.4. The van der Waals surface area contributed by atoms with Gasteiger partial charge in [0.05, 0.1) is 28.1 Å². The Kier molecular flexibility index (Phi) is 12.1. The number of hydrogen-bond acceptors (Lipinski definition) is 2. The van der Waals surface area contributed by atoms with E-state index in [4.69, 9.17) is 9.72 Å². The van der Waals surface area contributed by atoms with Gasteiger partial charge in [0.15, 0.2) is 0 Å². The van der Waals surface area contributed by atoms with Gasteiger partial charge >= 0.3 is 0 Å². The molecule has 11 rings (SSSR count). The van der Waals surface area contributed by atoms with Gasteiger partial charge in [-0.15, -0.1) is 0 Å². The van der Waals surface area contributed by atoms with Gasteiger partial charge in [-0.2, -0.15) is 0 Å². The van der Waals surface area contributed by atoms with Crippen LogP contribution in [0.15, 0.2) is 225 Å². The highest BCUT2D eigenvalue weighted by molar-refractivity contribution is 6.09. The smallest absolute Gasteiger partial charge is 0.269 e. The summed E-state index contributed by atoms with van der Waals surface area (Å²) in [4.78, 5) is 4.95. The van der Waals surface area contributed by atoms with Crippen LogP contribution in [0.5, 0.6) is 11.5 Å². The molecular formula is C69H64N4O. The predicted octanol–water partition coefficient (Wildman–Crippen LogP) is 16.8. The van der Waals surface area contributed by atoms with Crippen molar-refractivity contribution >= 4 is 21.8 Å². The topological polar surface area (TPSA) is 35.9 Å². The molecule has 0 saturated carbocycles. The third-order valence-corrected chi connectivity index (χ3v) is 15.5. The van der Waals surface area contributed by atoms with Crippen molar-refractivity contribution < 1.29 is 9.30 Å². The quantitative estimate of drug-likeness (QED) is 0.0903. The van der Waals surface area contributed by atoms with E-state index >= 15 is 0 Å². The summed E-state index contributed by atoms with van der Waals surface area (Å²) in [5, 5.41) is 2.31. The number of aromatic nitrogens is 4. The van der Waals surface area contributed by atoms with Crippen molar-refractivity contribution in [2.45, 2.75) is 84.0 Å². The van der Waals surface area contributed by atoms with Crippen molar-refractivity contribution in [2.24, 2.45) is 0 Å². The number of imidazole rings is 1. The fourth-order valence-electron chi connectivity index (χ4n) is 10.6. The molecule has 0 N–H and O–H groups in total. The monoisotopic (exact) mass is 965 g/mol. The van der Waals surface area contributed by atoms with E-state index in [1.54, 1.807) is 0 Å². The van der Waals surface area contributed by atoms with E-state index in [9.17, 15) is 0 Å². The number of nitrogens with zero attached hydrogens (tertiary/aromatic N) is 4. The molecular weight excluding hydrogens is 901 g/mol. The lowest BCUT2D eigenvalue weighted by Crippen LogP contribution is -2.33. The zero-order chi connectivity index (χ0) is 51.4. The van der Waals surface area contributed by atoms with E-state index in [0.29, 0.717) is 0 Å². The van der Waals surface area contributed by atoms with Gasteiger partial charge < -0.3 is 4.74 Å². The minimum atomic E-state index is -0.379. The standard InChI is InChI=1S/C69H64N4O/c1-66(2,3)52-36-37-70-65(43-52)73-62-33-23-22-32-60(62)61-35-34-58(45-63(61)73)74-59-42-55(69(8,9)51-30-20-13-21-31-51)39-56(44-59)71-46-64(48-24-14-10-15-25-48)72(47-71)57-40-53(67(4,5)49-26-16-11-17-27-49)38-54(41-57)68(6,7)50-28-18-12-19-29-50/h10-46H,1-9H3. The Morgan fingerprint density at radius 2 is 0.959 bits per heavy atom. The summed E-state index contributed by atoms with van der Waals surface area (Å²) < 4.78 is 13.8. The van der Waals surface area contributed by atoms with Crippen LogP contribution >= 0.6 is 0 Å². The molecule has 3 aromatic heterocycles. The van der Waals surface area contributed by atoms with Crippen LogP contribution < -0.4 is 9.30 Å². The van der Waals surface area contributed by atoms with Crippen LogP contribution in [0.2, 0.25) is 0 Å². The zero-order valence-electron chi connectivity index (χ0n) is 44.1. The van der Waals surface area contributed by atoms with E-state index in [0.717, 1.165) is 61.9 Å². The van der Waals surface area contributed by atoms with Crippen LogP contribution in [0.4, 0.5) is 0 Å². The van der Waals surface area contributed by atoms with Crippen molar-refractivity contribution in [3.63, 3.8) is 0 Å². The number of fused-ring (bicyclic) bond motifs is 3. The fraction of sp³-hybridized carbons (Fsp3) is 0.188. The zero-order valence-corrected chi connectivity index (χ0v) is 44.1. The Morgan fingerprint density at radius 1 is 0.432 bits per heavy atom. The summed E-state index contributed by atoms with van der Waals surface area (Å²) in [7, 11) is 0. The molecule has 0 saturated heterocycles. The minimum Gasteiger partial charge on any atom is -0.458 e. The third kappa shape index (κ3) is 8.91. The highest BCUT2D eigenvalue weighted by atomic mass is 16.5. The Morgan fingerprint density at radius 3 is 1.54 bits per heavy atom. The Hall–Kier alpha value is -8.28. The summed E-state index contributed by atoms with van der Waals surface area (Å²) in [6.07, 6.45) is 8.05. The number of para-hydroxylation sites is 1. The number of ether oxygens (including phenoxy) is 1. The van der Waals surface area contributed by atoms with Crippen LogP contribution in [0.25, 0.3) is 50.3 Å². The fourth-order valence-corrected chi connectivity index (χ4v) is 10.6. The molecule has 5 nitrogen and oxygen atoms in total. The highest BCUT2D eigenvalue weighted by Crippen LogP contribution is 2.41. The van der Waals surface area contributed by atoms with Crippen molar-refractivity contribution in [2.75, 3.05) is 0 Å². The number of hydrogen-bond donors (Lipinski definition) is 0. The second-order valence-corrected chi connectivity index (χ2v) is 22.4. The number of pyridine rings is 1. The van der Waals surface area contributed by atoms with E-state index in [2.05, 4.69) is 301 Å². The van der Waals surface area contributed by atoms with Gasteiger partial charge in [-0.3, -0.25) is 13.7 Å². The van der Waals surface area contributed by atoms with E-state index < -0.39 is 0 Å². The van der Waals surface area contributed by atoms with Gasteiger partial charge in [0.2, 0.25) is 0 Å². The first-order valence-corrected chi connectivity index (χ1v) is 25.8. The number of rotatable bonds is 12. The van der Waals surface area contributed by atoms with Crippen molar-refractivity contribution in [3.05, 3.63) is 270 Å². The van der Waals surface area contributed by atoms with Crippen molar-refractivity contribution in [1.29, 1.82) is 0 Å². The average molecular weight is 965 g/mol. The van der Waals surface area contributed by atoms with Crippen molar-refractivity contribution in [1.82, 2.24) is 14.1 Å². The lowest BCUT2D eigenvalue weighted by Gasteiger charge is -2.32. The first-order valence-electron chi connectivity index (χ1n) is 25.8. The Bertz CT molecular complexity index is 3730. The minimum absolute atomic E-state index is 0.0369. The lowest BCUT2D eigenvalue weighted by molar-refractivity contribution is -0.588. The molecule has 0 amide bonds. The molecule has 5 heteroatoms. The molecule has 0 spiro atoms. The SMILES string of the molecule is CC(C)(C)c1ccnc(-n2c3ccccc3c3ccc(Oc4cc(-n5[c-][n+](-c6cc(C(C)(C)c7ccccc7)cc(C(C)(C)c7ccccc7)c6)c(-c6ccccc6)c5)cc(C(C)(C)c5ccccc5)c4)cc32)c1. The maximum atomic E-state index is 7.11. The molecule has 0 atom stereocenters. The largest absolute Gasteiger partial charge is 0.458 e. The molecule has 11 aromatic rings. The predicted molar refractivity (Wildman–Crippen MR) is 305 cm³/mol. The molecule has 3 heterocycles. The van der Waals surface area contributed by atoms with Crippen molar-refractivity contribution in [3.8, 4) is 39.9 Å². The summed E-state index contributed by atoms with van der Waals surface area (Å²) in [6.45, 7) is 20.6. The summed E-state index contributed by atoms with van der Waals surface area (Å²) in [5.74, 6) is 2.34. The molecule has 74 heavy (non-hydrogen) atoms. The van der Waals surface area contributed by atoms with Gasteiger partial charge in [0.1, 0.15) is 17.3 Å². The van der Waals surface area contributed by atoms with Crippen LogP contribution in [0.1, 0.15) is 101 Å². The number of benzene rings is 8. The second kappa shape index (κ2) is 18.6. The van der Waals surface area contributed by atoms with Crippen LogP contribution in [-0.2, 0) is 21.7 Å². The van der Waals surface area contributed by atoms with E-state index in [1.165, 1.54) is 38.8 Å². The van der Waals surface area contributed by atoms with Crippen LogP contribution in [0, 0.1) is 6.33 Å². The van der Waals surface area contributed by atoms with Gasteiger partial charge in [-0.1, -0.05) is 208 Å². The van der Waals surface area contributed by atoms with E-state index in [1.807, 2.05) is 6.20 Å². The summed E-state index contributed by atoms with van der Waals surface area (Å²) in [6, 6.07) is 76.2. The van der Waals surface area contributed by atoms with Gasteiger partial charge in [-0.05, 0) is 111 Å². The molecule has 0 fully saturated rings. The molecule has 0 unspecified atom stereocenters. The van der Waals surface area contributed by atoms with Gasteiger partial charge in [0, 0.05) is 45.5 Å². The maximum Gasteiger partial charge on any atom is 0.269 e. The van der Waals surface area contributed by atoms with Crippen LogP contribution in [0.3, 0.4) is 0 Å². The third-order valence-electron chi connectivity index (χ3n) is 15.5. The first kappa shape index (κ1) is 48.0. The molecule has 366 valence electrons. The summed E-state index contributed by atoms with van der Waals surface area (Å²) in [5.41, 5.74) is 13.7. The Labute approximate surface area is 437 Å². The van der Waals surface area contributed by atoms with Gasteiger partial charge in [0.25, 0.3) is 6.33 Å². The molecule has 0 radical (unpaired) electrons. The summed E-state index contributed by atoms with van der Waals surface area (Å²) >= 11 is 0. The molecule has 0 aliphatic rings. The van der Waals surface area contributed by atoms with E-state index in [-0.39, 0.29) is 21.7 Å². The normalized spacial score (nSPS) is 12.4. The maximum absolute atomic E-state index is 7.11. The molecule has 0 aliphatic heterocycles. The highest BCUT2D eigenvalue weighted by Gasteiger charge is 2.31. The Balaban J connectivity index is 1.09. The molecule has 0 bridgehead atoms. The van der Waals surface area contributed by atoms with Crippen LogP contribution in [-0.4, -0.2) is 14.1 Å². The lowest BCUT2D eigenvalue weighted by atomic mass is 9.73. The molecule has 8 aromatic carbocycles. The van der Waals surface area contributed by atoms with Gasteiger partial charge in [-0.25, -0.2) is 4.98 Å². The first-order chi connectivity index (χ1) is 35.6.